The molecule has 1 amide bonds. The highest BCUT2D eigenvalue weighted by Gasteiger charge is 2.10. The minimum absolute atomic E-state index is 0.208. The molecule has 0 aliphatic carbocycles. The fourth-order valence-electron chi connectivity index (χ4n) is 2.18. The average molecular weight is 391 g/mol. The smallest absolute Gasteiger partial charge is 0.251 e. The Morgan fingerprint density at radius 3 is 2.85 bits per heavy atom. The summed E-state index contributed by atoms with van der Waals surface area (Å²) in [5.41, 5.74) is 0.380. The maximum Gasteiger partial charge on any atom is 0.251 e. The zero-order valence-electron chi connectivity index (χ0n) is 11.3. The van der Waals surface area contributed by atoms with E-state index in [-0.39, 0.29) is 11.7 Å². The standard InChI is InChI=1S/C14H19FIN3O/c15-12-10-11(2-3-13(12)16)14(20)18-4-1-7-19-8-5-17-6-9-19/h2-3,10,17H,1,4-9H2,(H,18,20). The molecule has 0 saturated carbocycles. The lowest BCUT2D eigenvalue weighted by molar-refractivity contribution is 0.0951. The Morgan fingerprint density at radius 2 is 2.15 bits per heavy atom. The third kappa shape index (κ3) is 4.68. The van der Waals surface area contributed by atoms with Crippen LogP contribution in [0.25, 0.3) is 0 Å². The van der Waals surface area contributed by atoms with Crippen LogP contribution in [0.2, 0.25) is 0 Å². The van der Waals surface area contributed by atoms with Gasteiger partial charge < -0.3 is 15.5 Å². The normalized spacial score (nSPS) is 16.1. The highest BCUT2D eigenvalue weighted by Crippen LogP contribution is 2.12. The first-order chi connectivity index (χ1) is 9.66. The molecular weight excluding hydrogens is 372 g/mol. The molecule has 6 heteroatoms. The molecule has 0 unspecified atom stereocenters. The summed E-state index contributed by atoms with van der Waals surface area (Å²) in [6, 6.07) is 4.55. The maximum atomic E-state index is 13.4. The molecule has 110 valence electrons. The quantitative estimate of drug-likeness (QED) is 0.590. The Kier molecular flexibility index (Phi) is 6.18. The largest absolute Gasteiger partial charge is 0.352 e. The van der Waals surface area contributed by atoms with Crippen LogP contribution in [0, 0.1) is 9.39 Å². The van der Waals surface area contributed by atoms with Crippen LogP contribution < -0.4 is 10.6 Å². The average Bonchev–Trinajstić information content (AvgIpc) is 2.47. The minimum Gasteiger partial charge on any atom is -0.352 e. The van der Waals surface area contributed by atoms with E-state index in [1.165, 1.54) is 6.07 Å². The van der Waals surface area contributed by atoms with Crippen molar-refractivity contribution >= 4 is 28.5 Å². The van der Waals surface area contributed by atoms with Gasteiger partial charge in [-0.3, -0.25) is 4.79 Å². The molecule has 0 atom stereocenters. The van der Waals surface area contributed by atoms with E-state index in [1.54, 1.807) is 12.1 Å². The molecule has 2 N–H and O–H groups in total. The van der Waals surface area contributed by atoms with E-state index >= 15 is 0 Å². The predicted octanol–water partition coefficient (Wildman–Crippen LogP) is 1.46. The van der Waals surface area contributed by atoms with Crippen LogP contribution in [0.1, 0.15) is 16.8 Å². The van der Waals surface area contributed by atoms with Gasteiger partial charge in [-0.05, 0) is 53.8 Å². The Morgan fingerprint density at radius 1 is 1.40 bits per heavy atom. The van der Waals surface area contributed by atoms with Crippen LogP contribution in [0.5, 0.6) is 0 Å². The van der Waals surface area contributed by atoms with E-state index in [0.717, 1.165) is 39.1 Å². The molecule has 4 nitrogen and oxygen atoms in total. The molecule has 1 aliphatic heterocycles. The van der Waals surface area contributed by atoms with Crippen molar-refractivity contribution in [3.63, 3.8) is 0 Å². The zero-order chi connectivity index (χ0) is 14.4. The lowest BCUT2D eigenvalue weighted by atomic mass is 10.2. The lowest BCUT2D eigenvalue weighted by Gasteiger charge is -2.27. The first-order valence-corrected chi connectivity index (χ1v) is 7.91. The molecular formula is C14H19FIN3O. The number of rotatable bonds is 5. The number of halogens is 2. The Labute approximate surface area is 132 Å². The molecule has 2 rings (SSSR count). The van der Waals surface area contributed by atoms with E-state index in [1.807, 2.05) is 22.6 Å². The van der Waals surface area contributed by atoms with Gasteiger partial charge >= 0.3 is 0 Å². The second-order valence-electron chi connectivity index (χ2n) is 4.83. The Balaban J connectivity index is 1.70. The molecule has 1 aromatic carbocycles. The van der Waals surface area contributed by atoms with Gasteiger partial charge in [-0.25, -0.2) is 4.39 Å². The molecule has 0 radical (unpaired) electrons. The molecule has 1 aliphatic rings. The van der Waals surface area contributed by atoms with Crippen LogP contribution in [-0.4, -0.2) is 50.1 Å². The monoisotopic (exact) mass is 391 g/mol. The van der Waals surface area contributed by atoms with Gasteiger partial charge in [-0.15, -0.1) is 0 Å². The van der Waals surface area contributed by atoms with Crippen LogP contribution >= 0.6 is 22.6 Å². The molecule has 1 fully saturated rings. The number of piperazine rings is 1. The summed E-state index contributed by atoms with van der Waals surface area (Å²) in [5.74, 6) is -0.556. The Hall–Kier alpha value is -0.730. The van der Waals surface area contributed by atoms with Gasteiger partial charge in [0.2, 0.25) is 0 Å². The second kappa shape index (κ2) is 7.90. The fourth-order valence-corrected chi connectivity index (χ4v) is 2.51. The number of nitrogens with zero attached hydrogens (tertiary/aromatic N) is 1. The van der Waals surface area contributed by atoms with E-state index in [0.29, 0.717) is 15.7 Å². The third-order valence-electron chi connectivity index (χ3n) is 3.33. The van der Waals surface area contributed by atoms with Crippen LogP contribution in [0.3, 0.4) is 0 Å². The summed E-state index contributed by atoms with van der Waals surface area (Å²) in [6.45, 7) is 5.81. The van der Waals surface area contributed by atoms with Crippen molar-refractivity contribution in [2.75, 3.05) is 39.3 Å². The van der Waals surface area contributed by atoms with Crippen molar-refractivity contribution in [2.24, 2.45) is 0 Å². The third-order valence-corrected chi connectivity index (χ3v) is 4.20. The highest BCUT2D eigenvalue weighted by molar-refractivity contribution is 14.1. The molecule has 1 heterocycles. The summed E-state index contributed by atoms with van der Waals surface area (Å²) in [6.07, 6.45) is 0.915. The first kappa shape index (κ1) is 15.7. The van der Waals surface area contributed by atoms with Gasteiger partial charge in [-0.2, -0.15) is 0 Å². The zero-order valence-corrected chi connectivity index (χ0v) is 13.5. The second-order valence-corrected chi connectivity index (χ2v) is 5.99. The van der Waals surface area contributed by atoms with Gasteiger partial charge in [0.05, 0.1) is 0 Å². The number of carbonyl (C=O) groups is 1. The molecule has 0 spiro atoms. The SMILES string of the molecule is O=C(NCCCN1CCNCC1)c1ccc(I)c(F)c1. The summed E-state index contributed by atoms with van der Waals surface area (Å²) >= 11 is 1.91. The number of nitrogens with one attached hydrogen (secondary N) is 2. The predicted molar refractivity (Wildman–Crippen MR) is 85.4 cm³/mol. The van der Waals surface area contributed by atoms with Crippen molar-refractivity contribution in [1.29, 1.82) is 0 Å². The van der Waals surface area contributed by atoms with Gasteiger partial charge in [0.25, 0.3) is 5.91 Å². The van der Waals surface area contributed by atoms with E-state index in [2.05, 4.69) is 15.5 Å². The highest BCUT2D eigenvalue weighted by atomic mass is 127. The summed E-state index contributed by atoms with van der Waals surface area (Å²) in [7, 11) is 0. The van der Waals surface area contributed by atoms with Crippen molar-refractivity contribution < 1.29 is 9.18 Å². The number of hydrogen-bond acceptors (Lipinski definition) is 3. The fraction of sp³-hybridized carbons (Fsp3) is 0.500. The summed E-state index contributed by atoms with van der Waals surface area (Å²) in [5, 5.41) is 6.14. The Bertz CT molecular complexity index is 464. The van der Waals surface area contributed by atoms with Crippen molar-refractivity contribution in [3.05, 3.63) is 33.1 Å². The van der Waals surface area contributed by atoms with Crippen molar-refractivity contribution in [2.45, 2.75) is 6.42 Å². The van der Waals surface area contributed by atoms with Gasteiger partial charge in [0, 0.05) is 41.9 Å². The van der Waals surface area contributed by atoms with Gasteiger partial charge in [0.1, 0.15) is 5.82 Å². The maximum absolute atomic E-state index is 13.4. The topological polar surface area (TPSA) is 44.4 Å². The van der Waals surface area contributed by atoms with Crippen molar-refractivity contribution in [3.8, 4) is 0 Å². The molecule has 0 aromatic heterocycles. The van der Waals surface area contributed by atoms with Gasteiger partial charge in [-0.1, -0.05) is 0 Å². The molecule has 20 heavy (non-hydrogen) atoms. The number of carbonyl (C=O) groups excluding carboxylic acids is 1. The molecule has 0 bridgehead atoms. The summed E-state index contributed by atoms with van der Waals surface area (Å²) < 4.78 is 13.9. The lowest BCUT2D eigenvalue weighted by Crippen LogP contribution is -2.44. The minimum atomic E-state index is -0.348. The number of amides is 1. The van der Waals surface area contributed by atoms with Gasteiger partial charge in [0.15, 0.2) is 0 Å². The molecule has 1 aromatic rings. The molecule has 1 saturated heterocycles. The van der Waals surface area contributed by atoms with E-state index < -0.39 is 0 Å². The van der Waals surface area contributed by atoms with Crippen LogP contribution in [0.15, 0.2) is 18.2 Å². The van der Waals surface area contributed by atoms with E-state index in [9.17, 15) is 9.18 Å². The number of benzene rings is 1. The number of hydrogen-bond donors (Lipinski definition) is 2. The summed E-state index contributed by atoms with van der Waals surface area (Å²) in [4.78, 5) is 14.2. The first-order valence-electron chi connectivity index (χ1n) is 6.83. The van der Waals surface area contributed by atoms with E-state index in [4.69, 9.17) is 0 Å². The van der Waals surface area contributed by atoms with Crippen LogP contribution in [-0.2, 0) is 0 Å². The van der Waals surface area contributed by atoms with Crippen molar-refractivity contribution in [1.82, 2.24) is 15.5 Å². The van der Waals surface area contributed by atoms with Crippen LogP contribution in [0.4, 0.5) is 4.39 Å².